The lowest BCUT2D eigenvalue weighted by atomic mass is 10.1. The molecule has 1 atom stereocenters. The van der Waals surface area contributed by atoms with E-state index in [4.69, 9.17) is 9.84 Å². The Kier molecular flexibility index (Phi) is 5.58. The van der Waals surface area contributed by atoms with E-state index in [1.165, 1.54) is 0 Å². The van der Waals surface area contributed by atoms with Gasteiger partial charge in [0.1, 0.15) is 12.4 Å². The van der Waals surface area contributed by atoms with Crippen LogP contribution in [0.15, 0.2) is 42.5 Å². The zero-order chi connectivity index (χ0) is 15.1. The summed E-state index contributed by atoms with van der Waals surface area (Å²) >= 11 is 0. The topological polar surface area (TPSA) is 66.8 Å². The zero-order valence-electron chi connectivity index (χ0n) is 11.9. The third-order valence-electron chi connectivity index (χ3n) is 3.36. The predicted molar refractivity (Wildman–Crippen MR) is 81.6 cm³/mol. The molecular weight excluding hydrogens is 268 g/mol. The molecule has 0 radical (unpaired) electrons. The van der Waals surface area contributed by atoms with Crippen molar-refractivity contribution in [1.29, 1.82) is 0 Å². The van der Waals surface area contributed by atoms with Gasteiger partial charge in [-0.3, -0.25) is 4.79 Å². The molecule has 0 spiro atoms. The zero-order valence-corrected chi connectivity index (χ0v) is 11.9. The van der Waals surface area contributed by atoms with E-state index in [1.807, 2.05) is 42.5 Å². The molecular formula is C17H20O4. The maximum absolute atomic E-state index is 10.4. The highest BCUT2D eigenvalue weighted by Crippen LogP contribution is 2.25. The van der Waals surface area contributed by atoms with Gasteiger partial charge in [-0.15, -0.1) is 0 Å². The highest BCUT2D eigenvalue weighted by molar-refractivity contribution is 5.88. The summed E-state index contributed by atoms with van der Waals surface area (Å²) in [5, 5.41) is 20.5. The van der Waals surface area contributed by atoms with E-state index in [0.717, 1.165) is 16.5 Å². The van der Waals surface area contributed by atoms with Gasteiger partial charge in [0.05, 0.1) is 6.10 Å². The molecule has 4 nitrogen and oxygen atoms in total. The molecule has 0 amide bonds. The number of carboxylic acid groups (broad SMARTS) is 1. The summed E-state index contributed by atoms with van der Waals surface area (Å²) < 4.78 is 5.69. The van der Waals surface area contributed by atoms with Gasteiger partial charge < -0.3 is 14.9 Å². The van der Waals surface area contributed by atoms with Crippen LogP contribution < -0.4 is 4.74 Å². The van der Waals surface area contributed by atoms with Gasteiger partial charge in [0.2, 0.25) is 0 Å². The van der Waals surface area contributed by atoms with E-state index in [9.17, 15) is 9.90 Å². The lowest BCUT2D eigenvalue weighted by molar-refractivity contribution is -0.137. The molecule has 0 aromatic heterocycles. The molecule has 0 unspecified atom stereocenters. The van der Waals surface area contributed by atoms with Crippen molar-refractivity contribution in [2.24, 2.45) is 0 Å². The number of fused-ring (bicyclic) bond motifs is 1. The van der Waals surface area contributed by atoms with Crippen molar-refractivity contribution >= 4 is 16.7 Å². The quantitative estimate of drug-likeness (QED) is 0.732. The number of carbonyl (C=O) groups is 1. The van der Waals surface area contributed by atoms with Gasteiger partial charge in [-0.05, 0) is 24.3 Å². The Bertz CT molecular complexity index is 589. The van der Waals surface area contributed by atoms with Crippen molar-refractivity contribution in [3.05, 3.63) is 42.5 Å². The maximum Gasteiger partial charge on any atom is 0.303 e. The van der Waals surface area contributed by atoms with Crippen LogP contribution in [0.1, 0.15) is 25.7 Å². The van der Waals surface area contributed by atoms with Gasteiger partial charge >= 0.3 is 5.97 Å². The van der Waals surface area contributed by atoms with Crippen LogP contribution in [0.25, 0.3) is 10.8 Å². The molecule has 0 heterocycles. The Labute approximate surface area is 124 Å². The molecule has 0 fully saturated rings. The van der Waals surface area contributed by atoms with Crippen LogP contribution in [0.5, 0.6) is 5.75 Å². The number of rotatable bonds is 8. The van der Waals surface area contributed by atoms with Gasteiger partial charge in [-0.25, -0.2) is 0 Å². The Morgan fingerprint density at radius 1 is 1.10 bits per heavy atom. The Hall–Kier alpha value is -2.07. The van der Waals surface area contributed by atoms with Crippen LogP contribution in [-0.4, -0.2) is 28.9 Å². The van der Waals surface area contributed by atoms with E-state index in [-0.39, 0.29) is 13.0 Å². The van der Waals surface area contributed by atoms with E-state index in [1.54, 1.807) is 0 Å². The molecule has 0 aliphatic carbocycles. The second-order valence-electron chi connectivity index (χ2n) is 5.08. The number of aliphatic hydroxyl groups is 1. The first-order chi connectivity index (χ1) is 10.2. The highest BCUT2D eigenvalue weighted by Gasteiger charge is 2.08. The minimum absolute atomic E-state index is 0.150. The summed E-state index contributed by atoms with van der Waals surface area (Å²) in [7, 11) is 0. The molecule has 0 saturated carbocycles. The average molecular weight is 288 g/mol. The van der Waals surface area contributed by atoms with Crippen LogP contribution in [0.2, 0.25) is 0 Å². The third-order valence-corrected chi connectivity index (χ3v) is 3.36. The van der Waals surface area contributed by atoms with Crippen molar-refractivity contribution < 1.29 is 19.7 Å². The third kappa shape index (κ3) is 4.76. The van der Waals surface area contributed by atoms with E-state index >= 15 is 0 Å². The van der Waals surface area contributed by atoms with Crippen LogP contribution in [-0.2, 0) is 4.79 Å². The van der Waals surface area contributed by atoms with Gasteiger partial charge in [0.25, 0.3) is 0 Å². The van der Waals surface area contributed by atoms with Crippen LogP contribution in [0, 0.1) is 0 Å². The lowest BCUT2D eigenvalue weighted by Crippen LogP contribution is -2.17. The standard InChI is InChI=1S/C17H20O4/c18-14(8-2-4-11-17(19)20)12-21-16-10-5-7-13-6-1-3-9-15(13)16/h1,3,5-7,9-10,14,18H,2,4,8,11-12H2,(H,19,20)/t14-/m0/s1. The first kappa shape index (κ1) is 15.3. The van der Waals surface area contributed by atoms with Crippen LogP contribution >= 0.6 is 0 Å². The van der Waals surface area contributed by atoms with Crippen molar-refractivity contribution in [3.63, 3.8) is 0 Å². The Balaban J connectivity index is 1.83. The van der Waals surface area contributed by atoms with E-state index in [0.29, 0.717) is 19.3 Å². The number of hydrogen-bond acceptors (Lipinski definition) is 3. The van der Waals surface area contributed by atoms with Gasteiger partial charge in [-0.1, -0.05) is 42.8 Å². The SMILES string of the molecule is O=C(O)CCCC[C@H](O)COc1cccc2ccccc12. The summed E-state index contributed by atoms with van der Waals surface area (Å²) in [6.45, 7) is 0.223. The van der Waals surface area contributed by atoms with Gasteiger partial charge in [-0.2, -0.15) is 0 Å². The Morgan fingerprint density at radius 3 is 2.67 bits per heavy atom. The fraction of sp³-hybridized carbons (Fsp3) is 0.353. The van der Waals surface area contributed by atoms with Crippen molar-refractivity contribution in [3.8, 4) is 5.75 Å². The Morgan fingerprint density at radius 2 is 1.86 bits per heavy atom. The molecule has 0 saturated heterocycles. The molecule has 2 rings (SSSR count). The fourth-order valence-electron chi connectivity index (χ4n) is 2.25. The summed E-state index contributed by atoms with van der Waals surface area (Å²) in [5.41, 5.74) is 0. The summed E-state index contributed by atoms with van der Waals surface area (Å²) in [4.78, 5) is 10.4. The smallest absolute Gasteiger partial charge is 0.303 e. The molecule has 0 bridgehead atoms. The van der Waals surface area contributed by atoms with Crippen molar-refractivity contribution in [2.75, 3.05) is 6.61 Å². The first-order valence-corrected chi connectivity index (χ1v) is 7.17. The van der Waals surface area contributed by atoms with Crippen molar-refractivity contribution in [2.45, 2.75) is 31.8 Å². The number of unbranched alkanes of at least 4 members (excludes halogenated alkanes) is 1. The van der Waals surface area contributed by atoms with Gasteiger partial charge in [0.15, 0.2) is 0 Å². The molecule has 2 aromatic carbocycles. The highest BCUT2D eigenvalue weighted by atomic mass is 16.5. The summed E-state index contributed by atoms with van der Waals surface area (Å²) in [5.74, 6) is -0.0332. The minimum Gasteiger partial charge on any atom is -0.490 e. The molecule has 0 aliphatic rings. The number of hydrogen-bond donors (Lipinski definition) is 2. The van der Waals surface area contributed by atoms with Crippen LogP contribution in [0.3, 0.4) is 0 Å². The minimum atomic E-state index is -0.795. The molecule has 21 heavy (non-hydrogen) atoms. The molecule has 0 aliphatic heterocycles. The van der Waals surface area contributed by atoms with E-state index in [2.05, 4.69) is 0 Å². The predicted octanol–water partition coefficient (Wildman–Crippen LogP) is 3.22. The largest absolute Gasteiger partial charge is 0.490 e. The maximum atomic E-state index is 10.4. The molecule has 4 heteroatoms. The second-order valence-corrected chi connectivity index (χ2v) is 5.08. The number of aliphatic carboxylic acids is 1. The van der Waals surface area contributed by atoms with E-state index < -0.39 is 12.1 Å². The first-order valence-electron chi connectivity index (χ1n) is 7.17. The van der Waals surface area contributed by atoms with Crippen LogP contribution in [0.4, 0.5) is 0 Å². The van der Waals surface area contributed by atoms with Crippen molar-refractivity contribution in [1.82, 2.24) is 0 Å². The number of carboxylic acids is 1. The molecule has 112 valence electrons. The number of aliphatic hydroxyl groups excluding tert-OH is 1. The summed E-state index contributed by atoms with van der Waals surface area (Å²) in [6.07, 6.45) is 1.40. The average Bonchev–Trinajstić information content (AvgIpc) is 2.49. The monoisotopic (exact) mass is 288 g/mol. The normalized spacial score (nSPS) is 12.2. The number of ether oxygens (including phenoxy) is 1. The fourth-order valence-corrected chi connectivity index (χ4v) is 2.25. The second kappa shape index (κ2) is 7.64. The molecule has 2 N–H and O–H groups in total. The lowest BCUT2D eigenvalue weighted by Gasteiger charge is -2.13. The number of benzene rings is 2. The van der Waals surface area contributed by atoms with Gasteiger partial charge in [0, 0.05) is 11.8 Å². The molecule has 2 aromatic rings. The summed E-state index contributed by atoms with van der Waals surface area (Å²) in [6, 6.07) is 13.8.